The van der Waals surface area contributed by atoms with Crippen molar-refractivity contribution in [3.8, 4) is 0 Å². The van der Waals surface area contributed by atoms with Crippen LogP contribution in [0.3, 0.4) is 0 Å². The van der Waals surface area contributed by atoms with Gasteiger partial charge in [-0.3, -0.25) is 4.79 Å². The molecule has 0 saturated carbocycles. The highest BCUT2D eigenvalue weighted by Crippen LogP contribution is 2.05. The molecule has 1 atom stereocenters. The summed E-state index contributed by atoms with van der Waals surface area (Å²) >= 11 is 4.74. The monoisotopic (exact) mass is 164 g/mol. The van der Waals surface area contributed by atoms with Gasteiger partial charge in [0.25, 0.3) is 0 Å². The second kappa shape index (κ2) is 5.23. The Morgan fingerprint density at radius 3 is 2.70 bits per heavy atom. The van der Waals surface area contributed by atoms with E-state index in [4.69, 9.17) is 11.9 Å². The topological polar surface area (TPSA) is 43.4 Å². The van der Waals surface area contributed by atoms with E-state index >= 15 is 0 Å². The minimum Gasteiger partial charge on any atom is -0.348 e. The maximum atomic E-state index is 10.4. The van der Waals surface area contributed by atoms with Gasteiger partial charge in [0.05, 0.1) is 6.42 Å². The summed E-state index contributed by atoms with van der Waals surface area (Å²) < 4.78 is 3.86. The first-order valence-electron chi connectivity index (χ1n) is 3.01. The number of hydrogen-bond donors (Lipinski definition) is 0. The Morgan fingerprint density at radius 1 is 1.80 bits per heavy atom. The molecular formula is C6H9ClO3. The van der Waals surface area contributed by atoms with Crippen molar-refractivity contribution in [2.24, 2.45) is 5.92 Å². The Balaban J connectivity index is 3.62. The molecule has 0 saturated heterocycles. The van der Waals surface area contributed by atoms with Crippen molar-refractivity contribution >= 4 is 24.1 Å². The average molecular weight is 165 g/mol. The number of carbonyl (C=O) groups is 2. The van der Waals surface area contributed by atoms with Crippen LogP contribution in [0.2, 0.25) is 0 Å². The van der Waals surface area contributed by atoms with Crippen LogP contribution in [-0.4, -0.2) is 12.3 Å². The number of carbonyl (C=O) groups excluding carboxylic acids is 2. The minimum absolute atomic E-state index is 0.0729. The van der Waals surface area contributed by atoms with E-state index in [9.17, 15) is 9.59 Å². The lowest BCUT2D eigenvalue weighted by molar-refractivity contribution is -0.136. The van der Waals surface area contributed by atoms with Crippen molar-refractivity contribution < 1.29 is 13.9 Å². The molecule has 1 unspecified atom stereocenters. The average Bonchev–Trinajstić information content (AvgIpc) is 1.99. The van der Waals surface area contributed by atoms with Crippen molar-refractivity contribution in [1.29, 1.82) is 0 Å². The standard InChI is InChI=1S/C6H9ClO3/c1-2-5(4-8)3-6(9)10-7/h4-5H,2-3H2,1H3. The molecule has 0 aliphatic heterocycles. The quantitative estimate of drug-likeness (QED) is 0.589. The maximum Gasteiger partial charge on any atom is 0.325 e. The van der Waals surface area contributed by atoms with Crippen LogP contribution in [-0.2, 0) is 13.9 Å². The Morgan fingerprint density at radius 2 is 2.40 bits per heavy atom. The zero-order chi connectivity index (χ0) is 7.98. The van der Waals surface area contributed by atoms with Crippen LogP contribution in [0.25, 0.3) is 0 Å². The van der Waals surface area contributed by atoms with Gasteiger partial charge in [-0.2, -0.15) is 0 Å². The predicted octanol–water partition coefficient (Wildman–Crippen LogP) is 1.30. The molecule has 0 aliphatic rings. The highest BCUT2D eigenvalue weighted by atomic mass is 35.5. The zero-order valence-electron chi connectivity index (χ0n) is 5.67. The van der Waals surface area contributed by atoms with Gasteiger partial charge >= 0.3 is 5.97 Å². The van der Waals surface area contributed by atoms with E-state index in [0.29, 0.717) is 6.42 Å². The second-order valence-electron chi connectivity index (χ2n) is 1.96. The summed E-state index contributed by atoms with van der Waals surface area (Å²) in [5, 5.41) is 0. The van der Waals surface area contributed by atoms with Crippen LogP contribution in [0, 0.1) is 5.92 Å². The van der Waals surface area contributed by atoms with Crippen molar-refractivity contribution in [2.75, 3.05) is 0 Å². The van der Waals surface area contributed by atoms with E-state index in [2.05, 4.69) is 4.29 Å². The summed E-state index contributed by atoms with van der Waals surface area (Å²) in [5.74, 6) is -0.813. The highest BCUT2D eigenvalue weighted by Gasteiger charge is 2.11. The second-order valence-corrected chi connectivity index (χ2v) is 2.11. The molecule has 58 valence electrons. The lowest BCUT2D eigenvalue weighted by Gasteiger charge is -2.01. The normalized spacial score (nSPS) is 12.2. The van der Waals surface area contributed by atoms with Gasteiger partial charge in [-0.05, 0) is 6.42 Å². The molecular weight excluding hydrogens is 156 g/mol. The number of aldehydes is 1. The van der Waals surface area contributed by atoms with Crippen molar-refractivity contribution in [3.05, 3.63) is 0 Å². The lowest BCUT2D eigenvalue weighted by atomic mass is 10.1. The van der Waals surface area contributed by atoms with Crippen LogP contribution in [0.5, 0.6) is 0 Å². The zero-order valence-corrected chi connectivity index (χ0v) is 6.43. The fourth-order valence-electron chi connectivity index (χ4n) is 0.534. The third-order valence-corrected chi connectivity index (χ3v) is 1.40. The summed E-state index contributed by atoms with van der Waals surface area (Å²) in [6.45, 7) is 1.82. The molecule has 4 heteroatoms. The molecule has 0 aromatic rings. The summed E-state index contributed by atoms with van der Waals surface area (Å²) in [5.41, 5.74) is 0. The van der Waals surface area contributed by atoms with Gasteiger partial charge in [0, 0.05) is 5.92 Å². The first-order chi connectivity index (χ1) is 4.74. The van der Waals surface area contributed by atoms with Crippen molar-refractivity contribution in [3.63, 3.8) is 0 Å². The van der Waals surface area contributed by atoms with Crippen LogP contribution in [0.15, 0.2) is 0 Å². The minimum atomic E-state index is -0.555. The molecule has 0 radical (unpaired) electrons. The molecule has 0 heterocycles. The number of halogens is 1. The summed E-state index contributed by atoms with van der Waals surface area (Å²) in [4.78, 5) is 20.6. The molecule has 0 rings (SSSR count). The third kappa shape index (κ3) is 3.45. The van der Waals surface area contributed by atoms with Gasteiger partial charge in [-0.25, -0.2) is 0 Å². The Bertz CT molecular complexity index is 124. The Labute approximate surface area is 64.5 Å². The van der Waals surface area contributed by atoms with Gasteiger partial charge in [-0.15, -0.1) is 0 Å². The Kier molecular flexibility index (Phi) is 4.94. The molecule has 0 aromatic heterocycles. The first kappa shape index (κ1) is 9.43. The molecule has 0 amide bonds. The van der Waals surface area contributed by atoms with E-state index in [0.717, 1.165) is 6.29 Å². The number of rotatable bonds is 4. The van der Waals surface area contributed by atoms with E-state index in [-0.39, 0.29) is 12.3 Å². The molecule has 0 N–H and O–H groups in total. The van der Waals surface area contributed by atoms with E-state index in [1.54, 1.807) is 0 Å². The van der Waals surface area contributed by atoms with Crippen LogP contribution >= 0.6 is 11.9 Å². The van der Waals surface area contributed by atoms with Crippen molar-refractivity contribution in [2.45, 2.75) is 19.8 Å². The lowest BCUT2D eigenvalue weighted by Crippen LogP contribution is -2.08. The molecule has 3 nitrogen and oxygen atoms in total. The van der Waals surface area contributed by atoms with Gasteiger partial charge in [0.2, 0.25) is 0 Å². The van der Waals surface area contributed by atoms with Crippen molar-refractivity contribution in [1.82, 2.24) is 0 Å². The van der Waals surface area contributed by atoms with Crippen LogP contribution in [0.1, 0.15) is 19.8 Å². The maximum absolute atomic E-state index is 10.4. The van der Waals surface area contributed by atoms with E-state index < -0.39 is 5.97 Å². The largest absolute Gasteiger partial charge is 0.348 e. The van der Waals surface area contributed by atoms with E-state index in [1.165, 1.54) is 0 Å². The fourth-order valence-corrected chi connectivity index (χ4v) is 0.597. The molecule has 0 aliphatic carbocycles. The predicted molar refractivity (Wildman–Crippen MR) is 36.4 cm³/mol. The molecule has 0 aromatic carbocycles. The molecule has 10 heavy (non-hydrogen) atoms. The van der Waals surface area contributed by atoms with Gasteiger partial charge < -0.3 is 9.08 Å². The summed E-state index contributed by atoms with van der Waals surface area (Å²) in [7, 11) is 0. The molecule has 0 fully saturated rings. The smallest absolute Gasteiger partial charge is 0.325 e. The summed E-state index contributed by atoms with van der Waals surface area (Å²) in [6.07, 6.45) is 1.44. The van der Waals surface area contributed by atoms with Gasteiger partial charge in [0.15, 0.2) is 0 Å². The third-order valence-electron chi connectivity index (χ3n) is 1.23. The molecule has 0 bridgehead atoms. The molecule has 0 spiro atoms. The first-order valence-corrected chi connectivity index (χ1v) is 3.32. The van der Waals surface area contributed by atoms with E-state index in [1.807, 2.05) is 6.92 Å². The Hall–Kier alpha value is -0.570. The van der Waals surface area contributed by atoms with Crippen LogP contribution < -0.4 is 0 Å². The SMILES string of the molecule is CCC(C=O)CC(=O)OCl. The van der Waals surface area contributed by atoms with Crippen LogP contribution in [0.4, 0.5) is 0 Å². The highest BCUT2D eigenvalue weighted by molar-refractivity contribution is 6.13. The van der Waals surface area contributed by atoms with Gasteiger partial charge in [0.1, 0.15) is 18.2 Å². The van der Waals surface area contributed by atoms with Gasteiger partial charge in [-0.1, -0.05) is 6.92 Å². The fraction of sp³-hybridized carbons (Fsp3) is 0.667. The number of hydrogen-bond acceptors (Lipinski definition) is 3. The summed E-state index contributed by atoms with van der Waals surface area (Å²) in [6, 6.07) is 0.